The lowest BCUT2D eigenvalue weighted by atomic mass is 10.2. The van der Waals surface area contributed by atoms with E-state index in [-0.39, 0.29) is 6.10 Å². The molecule has 18 heavy (non-hydrogen) atoms. The second kappa shape index (κ2) is 5.67. The number of para-hydroxylation sites is 1. The van der Waals surface area contributed by atoms with Crippen LogP contribution >= 0.6 is 0 Å². The average Bonchev–Trinajstić information content (AvgIpc) is 2.35. The van der Waals surface area contributed by atoms with Crippen molar-refractivity contribution in [1.82, 2.24) is 9.97 Å². The molecule has 1 aromatic carbocycles. The Morgan fingerprint density at radius 3 is 2.72 bits per heavy atom. The fourth-order valence-electron chi connectivity index (χ4n) is 1.68. The molecule has 0 aliphatic carbocycles. The van der Waals surface area contributed by atoms with Crippen LogP contribution < -0.4 is 10.1 Å². The number of aromatic nitrogens is 2. The number of fused-ring (bicyclic) bond motifs is 1. The Morgan fingerprint density at radius 2 is 2.00 bits per heavy atom. The van der Waals surface area contributed by atoms with Gasteiger partial charge in [-0.25, -0.2) is 4.98 Å². The summed E-state index contributed by atoms with van der Waals surface area (Å²) < 4.78 is 5.76. The Hall–Kier alpha value is -1.84. The predicted octanol–water partition coefficient (Wildman–Crippen LogP) is 3.24. The van der Waals surface area contributed by atoms with Gasteiger partial charge < -0.3 is 10.1 Å². The summed E-state index contributed by atoms with van der Waals surface area (Å²) >= 11 is 0. The monoisotopic (exact) mass is 245 g/mol. The molecule has 96 valence electrons. The summed E-state index contributed by atoms with van der Waals surface area (Å²) in [5.74, 6) is 1.28. The van der Waals surface area contributed by atoms with Crippen LogP contribution in [0.3, 0.4) is 0 Å². The Morgan fingerprint density at radius 1 is 1.22 bits per heavy atom. The van der Waals surface area contributed by atoms with Crippen molar-refractivity contribution in [1.29, 1.82) is 0 Å². The van der Waals surface area contributed by atoms with Gasteiger partial charge in [-0.1, -0.05) is 19.1 Å². The van der Waals surface area contributed by atoms with E-state index in [1.165, 1.54) is 0 Å². The molecule has 0 bridgehead atoms. The van der Waals surface area contributed by atoms with Crippen LogP contribution in [-0.2, 0) is 0 Å². The van der Waals surface area contributed by atoms with Gasteiger partial charge in [-0.3, -0.25) is 0 Å². The molecule has 2 rings (SSSR count). The highest BCUT2D eigenvalue weighted by Crippen LogP contribution is 2.24. The lowest BCUT2D eigenvalue weighted by Crippen LogP contribution is -2.10. The van der Waals surface area contributed by atoms with Crippen LogP contribution in [0, 0.1) is 0 Å². The van der Waals surface area contributed by atoms with Gasteiger partial charge in [0.05, 0.1) is 17.0 Å². The molecule has 4 heteroatoms. The summed E-state index contributed by atoms with van der Waals surface area (Å²) in [6.07, 6.45) is 1.14. The van der Waals surface area contributed by atoms with Gasteiger partial charge in [0, 0.05) is 6.54 Å². The highest BCUT2D eigenvalue weighted by molar-refractivity contribution is 5.84. The summed E-state index contributed by atoms with van der Waals surface area (Å²) in [5, 5.41) is 4.15. The number of anilines is 1. The van der Waals surface area contributed by atoms with E-state index in [1.54, 1.807) is 0 Å². The van der Waals surface area contributed by atoms with Crippen molar-refractivity contribution >= 4 is 16.9 Å². The van der Waals surface area contributed by atoms with E-state index >= 15 is 0 Å². The third kappa shape index (κ3) is 2.88. The number of rotatable bonds is 5. The number of nitrogens with zero attached hydrogens (tertiary/aromatic N) is 2. The molecule has 0 saturated heterocycles. The van der Waals surface area contributed by atoms with Gasteiger partial charge in [-0.15, -0.1) is 0 Å². The van der Waals surface area contributed by atoms with Gasteiger partial charge in [0.25, 0.3) is 0 Å². The van der Waals surface area contributed by atoms with Crippen LogP contribution in [0.25, 0.3) is 10.9 Å². The molecule has 2 aromatic rings. The zero-order chi connectivity index (χ0) is 13.0. The second-order valence-corrected chi connectivity index (χ2v) is 4.46. The first-order valence-corrected chi connectivity index (χ1v) is 6.38. The summed E-state index contributed by atoms with van der Waals surface area (Å²) in [7, 11) is 0. The molecular formula is C14H19N3O. The van der Waals surface area contributed by atoms with Gasteiger partial charge in [0.2, 0.25) is 11.8 Å². The molecule has 0 saturated carbocycles. The smallest absolute Gasteiger partial charge is 0.226 e. The van der Waals surface area contributed by atoms with Crippen molar-refractivity contribution in [2.24, 2.45) is 0 Å². The maximum absolute atomic E-state index is 5.76. The first-order chi connectivity index (χ1) is 8.70. The van der Waals surface area contributed by atoms with Gasteiger partial charge in [-0.2, -0.15) is 4.98 Å². The Balaban J connectivity index is 2.43. The third-order valence-corrected chi connectivity index (χ3v) is 2.45. The standard InChI is InChI=1S/C14H19N3O/c1-4-9-15-14-16-12-8-6-5-7-11(12)13(17-14)18-10(2)3/h5-8,10H,4,9H2,1-3H3,(H,15,16,17). The van der Waals surface area contributed by atoms with Crippen LogP contribution in [0.15, 0.2) is 24.3 Å². The van der Waals surface area contributed by atoms with E-state index in [9.17, 15) is 0 Å². The number of benzene rings is 1. The minimum atomic E-state index is 0.0994. The minimum absolute atomic E-state index is 0.0994. The van der Waals surface area contributed by atoms with E-state index in [4.69, 9.17) is 4.74 Å². The Labute approximate surface area is 107 Å². The first kappa shape index (κ1) is 12.6. The number of hydrogen-bond donors (Lipinski definition) is 1. The lowest BCUT2D eigenvalue weighted by molar-refractivity contribution is 0.236. The van der Waals surface area contributed by atoms with Crippen molar-refractivity contribution in [3.8, 4) is 5.88 Å². The van der Waals surface area contributed by atoms with E-state index in [1.807, 2.05) is 38.1 Å². The number of hydrogen-bond acceptors (Lipinski definition) is 4. The van der Waals surface area contributed by atoms with E-state index < -0.39 is 0 Å². The molecular weight excluding hydrogens is 226 g/mol. The molecule has 0 spiro atoms. The molecule has 0 fully saturated rings. The summed E-state index contributed by atoms with van der Waals surface area (Å²) in [5.41, 5.74) is 0.904. The summed E-state index contributed by atoms with van der Waals surface area (Å²) in [6, 6.07) is 7.90. The van der Waals surface area contributed by atoms with Crippen LogP contribution in [0.1, 0.15) is 27.2 Å². The van der Waals surface area contributed by atoms with Gasteiger partial charge in [-0.05, 0) is 32.4 Å². The van der Waals surface area contributed by atoms with Crippen molar-refractivity contribution in [3.63, 3.8) is 0 Å². The lowest BCUT2D eigenvalue weighted by Gasteiger charge is -2.12. The van der Waals surface area contributed by atoms with E-state index in [0.717, 1.165) is 23.9 Å². The normalized spacial score (nSPS) is 10.9. The molecule has 0 aliphatic rings. The third-order valence-electron chi connectivity index (χ3n) is 2.45. The minimum Gasteiger partial charge on any atom is -0.474 e. The van der Waals surface area contributed by atoms with Crippen molar-refractivity contribution in [2.75, 3.05) is 11.9 Å². The second-order valence-electron chi connectivity index (χ2n) is 4.46. The van der Waals surface area contributed by atoms with E-state index in [0.29, 0.717) is 11.8 Å². The van der Waals surface area contributed by atoms with Crippen LogP contribution in [0.4, 0.5) is 5.95 Å². The van der Waals surface area contributed by atoms with Gasteiger partial charge in [0.15, 0.2) is 0 Å². The van der Waals surface area contributed by atoms with Gasteiger partial charge >= 0.3 is 0 Å². The zero-order valence-electron chi connectivity index (χ0n) is 11.1. The molecule has 0 atom stereocenters. The Kier molecular flexibility index (Phi) is 3.97. The highest BCUT2D eigenvalue weighted by Gasteiger charge is 2.09. The molecule has 0 aliphatic heterocycles. The largest absolute Gasteiger partial charge is 0.474 e. The van der Waals surface area contributed by atoms with Crippen molar-refractivity contribution < 1.29 is 4.74 Å². The fraction of sp³-hybridized carbons (Fsp3) is 0.429. The van der Waals surface area contributed by atoms with Crippen LogP contribution in [0.2, 0.25) is 0 Å². The Bertz CT molecular complexity index is 525. The number of ether oxygens (including phenoxy) is 1. The van der Waals surface area contributed by atoms with Gasteiger partial charge in [0.1, 0.15) is 0 Å². The quantitative estimate of drug-likeness (QED) is 0.878. The number of nitrogens with one attached hydrogen (secondary N) is 1. The SMILES string of the molecule is CCCNc1nc(OC(C)C)c2ccccc2n1. The molecule has 0 radical (unpaired) electrons. The fourth-order valence-corrected chi connectivity index (χ4v) is 1.68. The van der Waals surface area contributed by atoms with Crippen molar-refractivity contribution in [2.45, 2.75) is 33.3 Å². The molecule has 1 N–H and O–H groups in total. The average molecular weight is 245 g/mol. The first-order valence-electron chi connectivity index (χ1n) is 6.38. The molecule has 1 heterocycles. The van der Waals surface area contributed by atoms with Crippen molar-refractivity contribution in [3.05, 3.63) is 24.3 Å². The zero-order valence-corrected chi connectivity index (χ0v) is 11.1. The molecule has 0 unspecified atom stereocenters. The maximum Gasteiger partial charge on any atom is 0.226 e. The predicted molar refractivity (Wildman–Crippen MR) is 74.1 cm³/mol. The summed E-state index contributed by atoms with van der Waals surface area (Å²) in [4.78, 5) is 8.91. The maximum atomic E-state index is 5.76. The topological polar surface area (TPSA) is 47.0 Å². The molecule has 4 nitrogen and oxygen atoms in total. The van der Waals surface area contributed by atoms with Crippen LogP contribution in [-0.4, -0.2) is 22.6 Å². The van der Waals surface area contributed by atoms with E-state index in [2.05, 4.69) is 22.2 Å². The molecule has 0 amide bonds. The highest BCUT2D eigenvalue weighted by atomic mass is 16.5. The molecule has 1 aromatic heterocycles. The van der Waals surface area contributed by atoms with Crippen LogP contribution in [0.5, 0.6) is 5.88 Å². The summed E-state index contributed by atoms with van der Waals surface area (Å²) in [6.45, 7) is 6.96.